The van der Waals surface area contributed by atoms with Gasteiger partial charge in [0.25, 0.3) is 5.66 Å². The number of furan rings is 1. The molecule has 2 aliphatic rings. The van der Waals surface area contributed by atoms with Crippen LogP contribution in [0.3, 0.4) is 0 Å². The number of likely N-dealkylation sites (tertiary alicyclic amines) is 1. The van der Waals surface area contributed by atoms with Gasteiger partial charge in [0.1, 0.15) is 5.76 Å². The molecular formula is C17H22ClF3N4O4. The van der Waals surface area contributed by atoms with Gasteiger partial charge in [-0.2, -0.15) is 13.2 Å². The van der Waals surface area contributed by atoms with Crippen molar-refractivity contribution < 1.29 is 31.9 Å². The highest BCUT2D eigenvalue weighted by atomic mass is 35.5. The van der Waals surface area contributed by atoms with Crippen molar-refractivity contribution in [2.24, 2.45) is 21.9 Å². The summed E-state index contributed by atoms with van der Waals surface area (Å²) in [7, 11) is 1.22. The quantitative estimate of drug-likeness (QED) is 0.686. The molecule has 1 saturated heterocycles. The second-order valence-electron chi connectivity index (χ2n) is 7.08. The molecule has 2 N–H and O–H groups in total. The van der Waals surface area contributed by atoms with Crippen LogP contribution >= 0.6 is 12.4 Å². The molecule has 3 heterocycles. The minimum atomic E-state index is -4.51. The number of hydrogen-bond donors (Lipinski definition) is 1. The molecule has 1 fully saturated rings. The van der Waals surface area contributed by atoms with Gasteiger partial charge in [0.05, 0.1) is 13.2 Å². The van der Waals surface area contributed by atoms with Gasteiger partial charge in [0.15, 0.2) is 0 Å². The summed E-state index contributed by atoms with van der Waals surface area (Å²) in [5, 5.41) is 6.41. The Morgan fingerprint density at radius 3 is 2.69 bits per heavy atom. The molecule has 2 atom stereocenters. The van der Waals surface area contributed by atoms with E-state index >= 15 is 0 Å². The Labute approximate surface area is 171 Å². The smallest absolute Gasteiger partial charge is 0.437 e. The SMILES string of the molecule is COC(=O)c1ccc(CC(N)C(=O)N2CCCC(CC3(C(F)(F)F)N=N3)C2)o1.Cl. The summed E-state index contributed by atoms with van der Waals surface area (Å²) >= 11 is 0. The van der Waals surface area contributed by atoms with Crippen LogP contribution in [0.1, 0.15) is 35.6 Å². The van der Waals surface area contributed by atoms with Crippen LogP contribution < -0.4 is 5.73 Å². The average molecular weight is 439 g/mol. The number of halogens is 4. The Morgan fingerprint density at radius 1 is 1.41 bits per heavy atom. The van der Waals surface area contributed by atoms with Gasteiger partial charge in [-0.05, 0) is 30.9 Å². The Balaban J connectivity index is 0.00000300. The number of alkyl halides is 3. The average Bonchev–Trinajstić information content (AvgIpc) is 3.30. The van der Waals surface area contributed by atoms with Gasteiger partial charge in [-0.3, -0.25) is 4.79 Å². The maximum Gasteiger partial charge on any atom is 0.437 e. The van der Waals surface area contributed by atoms with E-state index in [9.17, 15) is 22.8 Å². The highest BCUT2D eigenvalue weighted by molar-refractivity contribution is 5.86. The number of ether oxygens (including phenoxy) is 1. The van der Waals surface area contributed by atoms with Crippen LogP contribution in [0, 0.1) is 5.92 Å². The number of esters is 1. The largest absolute Gasteiger partial charge is 0.463 e. The van der Waals surface area contributed by atoms with Crippen molar-refractivity contribution in [3.8, 4) is 0 Å². The zero-order valence-electron chi connectivity index (χ0n) is 15.6. The van der Waals surface area contributed by atoms with Crippen LogP contribution in [-0.4, -0.2) is 54.9 Å². The molecular weight excluding hydrogens is 417 g/mol. The van der Waals surface area contributed by atoms with Crippen LogP contribution in [0.2, 0.25) is 0 Å². The Morgan fingerprint density at radius 2 is 2.10 bits per heavy atom. The molecule has 1 aromatic heterocycles. The molecule has 3 rings (SSSR count). The molecule has 162 valence electrons. The van der Waals surface area contributed by atoms with Crippen molar-refractivity contribution in [2.45, 2.75) is 43.6 Å². The lowest BCUT2D eigenvalue weighted by Gasteiger charge is -2.35. The van der Waals surface area contributed by atoms with Gasteiger partial charge in [0, 0.05) is 25.9 Å². The molecule has 1 aromatic rings. The molecule has 1 amide bonds. The number of nitrogens with zero attached hydrogens (tertiary/aromatic N) is 3. The van der Waals surface area contributed by atoms with Crippen molar-refractivity contribution in [1.82, 2.24) is 4.90 Å². The summed E-state index contributed by atoms with van der Waals surface area (Å²) in [5.41, 5.74) is 3.67. The van der Waals surface area contributed by atoms with Crippen molar-refractivity contribution >= 4 is 24.3 Å². The van der Waals surface area contributed by atoms with E-state index in [-0.39, 0.29) is 49.4 Å². The van der Waals surface area contributed by atoms with Crippen molar-refractivity contribution in [3.63, 3.8) is 0 Å². The summed E-state index contributed by atoms with van der Waals surface area (Å²) in [6.07, 6.45) is -3.54. The van der Waals surface area contributed by atoms with Crippen LogP contribution in [0.15, 0.2) is 26.8 Å². The number of rotatable bonds is 6. The molecule has 0 radical (unpaired) electrons. The standard InChI is InChI=1S/C17H21F3N4O4.ClH/c1-27-15(26)13-5-4-11(28-13)7-12(21)14(25)24-6-2-3-10(9-24)8-16(22-23-16)17(18,19)20;/h4-5,10,12H,2-3,6-9,21H2,1H3;1H. The topological polar surface area (TPSA) is 110 Å². The van der Waals surface area contributed by atoms with Crippen LogP contribution in [0.5, 0.6) is 0 Å². The van der Waals surface area contributed by atoms with E-state index in [1.54, 1.807) is 0 Å². The maximum absolute atomic E-state index is 13.0. The Hall–Kier alpha value is -2.14. The monoisotopic (exact) mass is 438 g/mol. The Kier molecular flexibility index (Phi) is 6.94. The minimum Gasteiger partial charge on any atom is -0.463 e. The third kappa shape index (κ3) is 5.08. The third-order valence-corrected chi connectivity index (χ3v) is 4.99. The number of carbonyl (C=O) groups excluding carboxylic acids is 2. The normalized spacial score (nSPS) is 21.3. The van der Waals surface area contributed by atoms with Crippen molar-refractivity contribution in [2.75, 3.05) is 20.2 Å². The van der Waals surface area contributed by atoms with Crippen LogP contribution in [0.25, 0.3) is 0 Å². The minimum absolute atomic E-state index is 0. The first-order chi connectivity index (χ1) is 13.1. The summed E-state index contributed by atoms with van der Waals surface area (Å²) < 4.78 is 48.9. The van der Waals surface area contributed by atoms with Crippen LogP contribution in [-0.2, 0) is 16.0 Å². The number of carbonyl (C=O) groups is 2. The number of hydrogen-bond acceptors (Lipinski definition) is 7. The molecule has 0 bridgehead atoms. The summed E-state index contributed by atoms with van der Waals surface area (Å²) in [6.45, 7) is 0.614. The van der Waals surface area contributed by atoms with E-state index in [2.05, 4.69) is 15.0 Å². The molecule has 0 aromatic carbocycles. The number of nitrogens with two attached hydrogens (primary N) is 1. The fraction of sp³-hybridized carbons (Fsp3) is 0.647. The third-order valence-electron chi connectivity index (χ3n) is 4.99. The molecule has 0 aliphatic carbocycles. The lowest BCUT2D eigenvalue weighted by Crippen LogP contribution is -2.49. The van der Waals surface area contributed by atoms with Gasteiger partial charge < -0.3 is 19.8 Å². The molecule has 29 heavy (non-hydrogen) atoms. The zero-order valence-corrected chi connectivity index (χ0v) is 16.5. The molecule has 2 unspecified atom stereocenters. The summed E-state index contributed by atoms with van der Waals surface area (Å²) in [6, 6.07) is 2.03. The van der Waals surface area contributed by atoms with E-state index in [4.69, 9.17) is 10.2 Å². The fourth-order valence-electron chi connectivity index (χ4n) is 3.44. The van der Waals surface area contributed by atoms with Gasteiger partial charge in [-0.25, -0.2) is 4.79 Å². The van der Waals surface area contributed by atoms with Gasteiger partial charge in [0.2, 0.25) is 11.7 Å². The predicted molar refractivity (Wildman–Crippen MR) is 96.5 cm³/mol. The lowest BCUT2D eigenvalue weighted by atomic mass is 9.89. The first-order valence-corrected chi connectivity index (χ1v) is 8.87. The second kappa shape index (κ2) is 8.70. The number of amides is 1. The van der Waals surface area contributed by atoms with E-state index < -0.39 is 23.9 Å². The van der Waals surface area contributed by atoms with Crippen molar-refractivity contribution in [1.29, 1.82) is 0 Å². The number of piperidine rings is 1. The molecule has 0 saturated carbocycles. The van der Waals surface area contributed by atoms with Crippen molar-refractivity contribution in [3.05, 3.63) is 23.7 Å². The maximum atomic E-state index is 13.0. The number of methoxy groups -OCH3 is 1. The lowest BCUT2D eigenvalue weighted by molar-refractivity contribution is -0.168. The molecule has 0 spiro atoms. The van der Waals surface area contributed by atoms with Crippen LogP contribution in [0.4, 0.5) is 13.2 Å². The molecule has 8 nitrogen and oxygen atoms in total. The highest BCUT2D eigenvalue weighted by Crippen LogP contribution is 2.49. The summed E-state index contributed by atoms with van der Waals surface area (Å²) in [5.74, 6) is -1.01. The van der Waals surface area contributed by atoms with E-state index in [1.165, 1.54) is 24.1 Å². The first-order valence-electron chi connectivity index (χ1n) is 8.87. The molecule has 2 aliphatic heterocycles. The van der Waals surface area contributed by atoms with E-state index in [1.807, 2.05) is 0 Å². The fourth-order valence-corrected chi connectivity index (χ4v) is 3.44. The zero-order chi connectivity index (χ0) is 20.5. The van der Waals surface area contributed by atoms with Gasteiger partial charge in [-0.1, -0.05) is 0 Å². The highest BCUT2D eigenvalue weighted by Gasteiger charge is 2.64. The first kappa shape index (κ1) is 23.1. The Bertz CT molecular complexity index is 777. The van der Waals surface area contributed by atoms with E-state index in [0.29, 0.717) is 25.1 Å². The second-order valence-corrected chi connectivity index (χ2v) is 7.08. The predicted octanol–water partition coefficient (Wildman–Crippen LogP) is 2.71. The molecule has 12 heteroatoms. The summed E-state index contributed by atoms with van der Waals surface area (Å²) in [4.78, 5) is 25.5. The van der Waals surface area contributed by atoms with Gasteiger partial charge in [-0.15, -0.1) is 22.6 Å². The van der Waals surface area contributed by atoms with E-state index in [0.717, 1.165) is 0 Å². The van der Waals surface area contributed by atoms with Gasteiger partial charge >= 0.3 is 12.1 Å².